The highest BCUT2D eigenvalue weighted by atomic mass is 15.1. The van der Waals surface area contributed by atoms with E-state index in [-0.39, 0.29) is 0 Å². The van der Waals surface area contributed by atoms with Crippen molar-refractivity contribution in [1.29, 1.82) is 0 Å². The molecule has 0 spiro atoms. The lowest BCUT2D eigenvalue weighted by Crippen LogP contribution is -2.21. The molecule has 0 saturated carbocycles. The van der Waals surface area contributed by atoms with Gasteiger partial charge in [-0.1, -0.05) is 39.0 Å². The van der Waals surface area contributed by atoms with Gasteiger partial charge in [-0.05, 0) is 45.6 Å². The van der Waals surface area contributed by atoms with E-state index >= 15 is 0 Å². The van der Waals surface area contributed by atoms with Crippen LogP contribution in [0.3, 0.4) is 0 Å². The van der Waals surface area contributed by atoms with Crippen molar-refractivity contribution in [3.63, 3.8) is 0 Å². The van der Waals surface area contributed by atoms with Crippen LogP contribution < -0.4 is 4.90 Å². The minimum Gasteiger partial charge on any atom is -0.372 e. The average molecular weight is 250 g/mol. The van der Waals surface area contributed by atoms with E-state index in [0.717, 1.165) is 13.1 Å². The first-order valence-corrected chi connectivity index (χ1v) is 7.25. The number of benzene rings is 1. The Hall–Kier alpha value is -1.02. The molecule has 1 rings (SSSR count). The third kappa shape index (κ3) is 6.65. The minimum absolute atomic E-state index is 1.08. The summed E-state index contributed by atoms with van der Waals surface area (Å²) in [6, 6.07) is 10.5. The summed E-state index contributed by atoms with van der Waals surface area (Å²) < 4.78 is 0. The van der Waals surface area contributed by atoms with Gasteiger partial charge in [0.25, 0.3) is 0 Å². The van der Waals surface area contributed by atoms with Crippen molar-refractivity contribution in [2.75, 3.05) is 37.6 Å². The van der Waals surface area contributed by atoms with Gasteiger partial charge in [-0.25, -0.2) is 0 Å². The Labute approximate surface area is 114 Å². The Bertz CT molecular complexity index is 258. The SMILES string of the molecule is CCN(CC)CC.CCN(CC)c1ccccc1. The average Bonchev–Trinajstić information content (AvgIpc) is 2.44. The second-order valence-corrected chi connectivity index (χ2v) is 4.13. The van der Waals surface area contributed by atoms with Gasteiger partial charge in [0.1, 0.15) is 0 Å². The van der Waals surface area contributed by atoms with Crippen LogP contribution >= 0.6 is 0 Å². The minimum atomic E-state index is 1.08. The van der Waals surface area contributed by atoms with Crippen LogP contribution in [0.4, 0.5) is 5.69 Å². The molecule has 0 bridgehead atoms. The summed E-state index contributed by atoms with van der Waals surface area (Å²) >= 11 is 0. The topological polar surface area (TPSA) is 6.48 Å². The highest BCUT2D eigenvalue weighted by molar-refractivity contribution is 5.45. The maximum absolute atomic E-state index is 2.38. The van der Waals surface area contributed by atoms with Crippen LogP contribution in [0.5, 0.6) is 0 Å². The van der Waals surface area contributed by atoms with Crippen molar-refractivity contribution in [2.45, 2.75) is 34.6 Å². The summed E-state index contributed by atoms with van der Waals surface area (Å²) in [7, 11) is 0. The molecule has 0 aromatic heterocycles. The summed E-state index contributed by atoms with van der Waals surface area (Å²) in [5.41, 5.74) is 1.32. The lowest BCUT2D eigenvalue weighted by atomic mass is 10.3. The van der Waals surface area contributed by atoms with E-state index in [4.69, 9.17) is 0 Å². The van der Waals surface area contributed by atoms with E-state index in [2.05, 4.69) is 68.7 Å². The largest absolute Gasteiger partial charge is 0.372 e. The molecule has 0 N–H and O–H groups in total. The predicted molar refractivity (Wildman–Crippen MR) is 83.5 cm³/mol. The molecular formula is C16H30N2. The normalized spacial score (nSPS) is 9.89. The molecule has 1 aromatic carbocycles. The van der Waals surface area contributed by atoms with Crippen LogP contribution in [0.2, 0.25) is 0 Å². The number of rotatable bonds is 6. The molecular weight excluding hydrogens is 220 g/mol. The summed E-state index contributed by atoms with van der Waals surface area (Å²) in [5.74, 6) is 0. The molecule has 0 amide bonds. The molecule has 0 heterocycles. The van der Waals surface area contributed by atoms with E-state index in [0.29, 0.717) is 0 Å². The molecule has 0 unspecified atom stereocenters. The van der Waals surface area contributed by atoms with Crippen molar-refractivity contribution in [3.8, 4) is 0 Å². The van der Waals surface area contributed by atoms with E-state index in [1.807, 2.05) is 6.07 Å². The summed E-state index contributed by atoms with van der Waals surface area (Å²) in [6.45, 7) is 16.6. The Morgan fingerprint density at radius 3 is 1.39 bits per heavy atom. The molecule has 2 nitrogen and oxygen atoms in total. The summed E-state index contributed by atoms with van der Waals surface area (Å²) in [5, 5.41) is 0. The smallest absolute Gasteiger partial charge is 0.0365 e. The fourth-order valence-corrected chi connectivity index (χ4v) is 1.90. The van der Waals surface area contributed by atoms with Gasteiger partial charge >= 0.3 is 0 Å². The van der Waals surface area contributed by atoms with E-state index in [1.165, 1.54) is 25.3 Å². The zero-order valence-corrected chi connectivity index (χ0v) is 12.8. The molecule has 1 aromatic rings. The van der Waals surface area contributed by atoms with Gasteiger partial charge in [0.15, 0.2) is 0 Å². The molecule has 18 heavy (non-hydrogen) atoms. The van der Waals surface area contributed by atoms with Crippen LogP contribution in [-0.2, 0) is 0 Å². The van der Waals surface area contributed by atoms with Crippen molar-refractivity contribution in [3.05, 3.63) is 30.3 Å². The number of anilines is 1. The molecule has 0 aliphatic heterocycles. The first kappa shape index (κ1) is 17.0. The monoisotopic (exact) mass is 250 g/mol. The third-order valence-electron chi connectivity index (χ3n) is 3.23. The summed E-state index contributed by atoms with van der Waals surface area (Å²) in [6.07, 6.45) is 0. The van der Waals surface area contributed by atoms with Gasteiger partial charge in [0, 0.05) is 18.8 Å². The molecule has 0 aliphatic rings. The van der Waals surface area contributed by atoms with Crippen LogP contribution in [0.15, 0.2) is 30.3 Å². The quantitative estimate of drug-likeness (QED) is 0.756. The van der Waals surface area contributed by atoms with Crippen molar-refractivity contribution >= 4 is 5.69 Å². The van der Waals surface area contributed by atoms with Crippen molar-refractivity contribution in [1.82, 2.24) is 4.90 Å². The lowest BCUT2D eigenvalue weighted by molar-refractivity contribution is 0.321. The summed E-state index contributed by atoms with van der Waals surface area (Å²) in [4.78, 5) is 4.71. The number of hydrogen-bond donors (Lipinski definition) is 0. The third-order valence-corrected chi connectivity index (χ3v) is 3.23. The van der Waals surface area contributed by atoms with Gasteiger partial charge in [0.2, 0.25) is 0 Å². The molecule has 0 aliphatic carbocycles. The zero-order valence-electron chi connectivity index (χ0n) is 12.8. The molecule has 0 saturated heterocycles. The highest BCUT2D eigenvalue weighted by Crippen LogP contribution is 2.11. The van der Waals surface area contributed by atoms with Gasteiger partial charge < -0.3 is 9.80 Å². The number of nitrogens with zero attached hydrogens (tertiary/aromatic N) is 2. The molecule has 2 heteroatoms. The van der Waals surface area contributed by atoms with Gasteiger partial charge in [-0.2, -0.15) is 0 Å². The highest BCUT2D eigenvalue weighted by Gasteiger charge is 1.97. The van der Waals surface area contributed by atoms with Gasteiger partial charge in [0.05, 0.1) is 0 Å². The standard InChI is InChI=1S/C10H15N.C6H15N/c1-3-11(4-2)10-8-6-5-7-9-10;1-4-7(5-2)6-3/h5-9H,3-4H2,1-2H3;4-6H2,1-3H3. The number of para-hydroxylation sites is 1. The van der Waals surface area contributed by atoms with Crippen LogP contribution in [0.25, 0.3) is 0 Å². The van der Waals surface area contributed by atoms with Crippen molar-refractivity contribution < 1.29 is 0 Å². The molecule has 0 radical (unpaired) electrons. The predicted octanol–water partition coefficient (Wildman–Crippen LogP) is 3.88. The first-order chi connectivity index (χ1) is 8.73. The van der Waals surface area contributed by atoms with Crippen molar-refractivity contribution in [2.24, 2.45) is 0 Å². The number of hydrogen-bond acceptors (Lipinski definition) is 2. The lowest BCUT2D eigenvalue weighted by Gasteiger charge is -2.20. The fourth-order valence-electron chi connectivity index (χ4n) is 1.90. The second-order valence-electron chi connectivity index (χ2n) is 4.13. The second kappa shape index (κ2) is 11.1. The van der Waals surface area contributed by atoms with Crippen LogP contribution in [0.1, 0.15) is 34.6 Å². The molecule has 104 valence electrons. The maximum atomic E-state index is 2.38. The van der Waals surface area contributed by atoms with E-state index < -0.39 is 0 Å². The Morgan fingerprint density at radius 2 is 1.11 bits per heavy atom. The van der Waals surface area contributed by atoms with Gasteiger partial charge in [-0.3, -0.25) is 0 Å². The maximum Gasteiger partial charge on any atom is 0.0365 e. The van der Waals surface area contributed by atoms with E-state index in [1.54, 1.807) is 0 Å². The molecule has 0 fully saturated rings. The van der Waals surface area contributed by atoms with Crippen LogP contribution in [0, 0.1) is 0 Å². The van der Waals surface area contributed by atoms with Crippen LogP contribution in [-0.4, -0.2) is 37.6 Å². The first-order valence-electron chi connectivity index (χ1n) is 7.25. The fraction of sp³-hybridized carbons (Fsp3) is 0.625. The van der Waals surface area contributed by atoms with E-state index in [9.17, 15) is 0 Å². The zero-order chi connectivity index (χ0) is 13.8. The Morgan fingerprint density at radius 1 is 0.667 bits per heavy atom. The Kier molecular flexibility index (Phi) is 10.5. The van der Waals surface area contributed by atoms with Gasteiger partial charge in [-0.15, -0.1) is 0 Å². The Balaban J connectivity index is 0.000000360. The molecule has 0 atom stereocenters.